The topological polar surface area (TPSA) is 43.3 Å². The van der Waals surface area contributed by atoms with E-state index in [1.165, 1.54) is 17.4 Å². The lowest BCUT2D eigenvalue weighted by Crippen LogP contribution is -2.57. The number of aliphatic imine (C=N–C) groups is 1. The van der Waals surface area contributed by atoms with E-state index in [9.17, 15) is 13.2 Å². The average Bonchev–Trinajstić information content (AvgIpc) is 2.77. The molecule has 0 aromatic heterocycles. The van der Waals surface area contributed by atoms with Gasteiger partial charge in [0.05, 0.1) is 19.3 Å². The lowest BCUT2D eigenvalue weighted by atomic mass is 10.0. The molecule has 0 radical (unpaired) electrons. The molecule has 1 aromatic rings. The third kappa shape index (κ3) is 5.86. The second-order valence-electron chi connectivity index (χ2n) is 7.74. The van der Waals surface area contributed by atoms with Gasteiger partial charge < -0.3 is 15.0 Å². The zero-order valence-corrected chi connectivity index (χ0v) is 17.7. The first-order chi connectivity index (χ1) is 14.4. The maximum Gasteiger partial charge on any atom is 0.403 e. The van der Waals surface area contributed by atoms with E-state index in [2.05, 4.69) is 27.3 Å². The van der Waals surface area contributed by atoms with Gasteiger partial charge in [-0.25, -0.2) is 0 Å². The van der Waals surface area contributed by atoms with Crippen LogP contribution >= 0.6 is 0 Å². The summed E-state index contributed by atoms with van der Waals surface area (Å²) in [5.74, 6) is 0.739. The Morgan fingerprint density at radius 1 is 1.03 bits per heavy atom. The molecule has 6 nitrogen and oxygen atoms in total. The summed E-state index contributed by atoms with van der Waals surface area (Å²) in [6.07, 6.45) is -4.19. The summed E-state index contributed by atoms with van der Waals surface area (Å²) >= 11 is 0. The van der Waals surface area contributed by atoms with Crippen molar-refractivity contribution in [2.45, 2.75) is 25.2 Å². The molecule has 2 atom stereocenters. The van der Waals surface area contributed by atoms with Crippen LogP contribution in [0.15, 0.2) is 35.3 Å². The van der Waals surface area contributed by atoms with E-state index in [1.54, 1.807) is 7.05 Å². The van der Waals surface area contributed by atoms with Crippen LogP contribution in [0.25, 0.3) is 0 Å². The van der Waals surface area contributed by atoms with Crippen molar-refractivity contribution in [3.05, 3.63) is 35.9 Å². The average molecular weight is 428 g/mol. The van der Waals surface area contributed by atoms with Gasteiger partial charge in [0, 0.05) is 52.9 Å². The van der Waals surface area contributed by atoms with E-state index in [0.29, 0.717) is 32.7 Å². The van der Waals surface area contributed by atoms with Gasteiger partial charge in [0.15, 0.2) is 5.96 Å². The predicted molar refractivity (Wildman–Crippen MR) is 112 cm³/mol. The SMILES string of the molecule is CN=C(NCC(c1ccccc1)N1CCOCC1)N1CCN(C(C)C(F)(F)F)CC1. The Labute approximate surface area is 176 Å². The monoisotopic (exact) mass is 427 g/mol. The van der Waals surface area contributed by atoms with Crippen molar-refractivity contribution in [2.24, 2.45) is 4.99 Å². The molecule has 2 heterocycles. The van der Waals surface area contributed by atoms with Crippen LogP contribution < -0.4 is 5.32 Å². The van der Waals surface area contributed by atoms with Gasteiger partial charge in [-0.05, 0) is 12.5 Å². The van der Waals surface area contributed by atoms with Crippen molar-refractivity contribution in [3.63, 3.8) is 0 Å². The van der Waals surface area contributed by atoms with Crippen molar-refractivity contribution < 1.29 is 17.9 Å². The van der Waals surface area contributed by atoms with Crippen LogP contribution in [0.1, 0.15) is 18.5 Å². The molecule has 2 saturated heterocycles. The summed E-state index contributed by atoms with van der Waals surface area (Å²) in [6.45, 7) is 6.86. The third-order valence-electron chi connectivity index (χ3n) is 5.97. The van der Waals surface area contributed by atoms with E-state index in [1.807, 2.05) is 23.1 Å². The standard InChI is InChI=1S/C21H32F3N5O/c1-17(21(22,23)24)27-8-10-29(11-9-27)20(25-2)26-16-19(18-6-4-3-5-7-18)28-12-14-30-15-13-28/h3-7,17,19H,8-16H2,1-2H3,(H,25,26). The van der Waals surface area contributed by atoms with Crippen molar-refractivity contribution >= 4 is 5.96 Å². The summed E-state index contributed by atoms with van der Waals surface area (Å²) in [5.41, 5.74) is 1.23. The summed E-state index contributed by atoms with van der Waals surface area (Å²) < 4.78 is 44.5. The third-order valence-corrected chi connectivity index (χ3v) is 5.97. The number of halogens is 3. The van der Waals surface area contributed by atoms with Gasteiger partial charge in [-0.2, -0.15) is 13.2 Å². The van der Waals surface area contributed by atoms with E-state index in [0.717, 1.165) is 32.3 Å². The van der Waals surface area contributed by atoms with Crippen molar-refractivity contribution in [1.29, 1.82) is 0 Å². The van der Waals surface area contributed by atoms with Crippen LogP contribution in [0, 0.1) is 0 Å². The van der Waals surface area contributed by atoms with Crippen molar-refractivity contribution in [1.82, 2.24) is 20.0 Å². The van der Waals surface area contributed by atoms with Crippen LogP contribution in [-0.4, -0.2) is 99.0 Å². The fourth-order valence-electron chi connectivity index (χ4n) is 4.07. The quantitative estimate of drug-likeness (QED) is 0.577. The smallest absolute Gasteiger partial charge is 0.379 e. The molecule has 2 aliphatic rings. The summed E-state index contributed by atoms with van der Waals surface area (Å²) in [6, 6.07) is 9.10. The molecule has 1 N–H and O–H groups in total. The number of alkyl halides is 3. The van der Waals surface area contributed by atoms with Gasteiger partial charge in [0.1, 0.15) is 6.04 Å². The Bertz CT molecular complexity index is 671. The van der Waals surface area contributed by atoms with Crippen LogP contribution in [0.2, 0.25) is 0 Å². The number of hydrogen-bond donors (Lipinski definition) is 1. The molecule has 30 heavy (non-hydrogen) atoms. The number of nitrogens with one attached hydrogen (secondary N) is 1. The molecule has 1 aromatic carbocycles. The molecule has 0 amide bonds. The zero-order valence-electron chi connectivity index (χ0n) is 17.7. The highest BCUT2D eigenvalue weighted by atomic mass is 19.4. The van der Waals surface area contributed by atoms with Crippen LogP contribution in [-0.2, 0) is 4.74 Å². The van der Waals surface area contributed by atoms with E-state index < -0.39 is 12.2 Å². The molecular formula is C21H32F3N5O. The van der Waals surface area contributed by atoms with E-state index in [-0.39, 0.29) is 6.04 Å². The van der Waals surface area contributed by atoms with Gasteiger partial charge in [-0.3, -0.25) is 14.8 Å². The number of piperazine rings is 1. The molecule has 3 rings (SSSR count). The highest BCUT2D eigenvalue weighted by Crippen LogP contribution is 2.25. The summed E-state index contributed by atoms with van der Waals surface area (Å²) in [4.78, 5) is 10.3. The Morgan fingerprint density at radius 3 is 2.23 bits per heavy atom. The minimum absolute atomic E-state index is 0.179. The largest absolute Gasteiger partial charge is 0.403 e. The highest BCUT2D eigenvalue weighted by molar-refractivity contribution is 5.80. The molecule has 168 valence electrons. The number of nitrogens with zero attached hydrogens (tertiary/aromatic N) is 4. The summed E-state index contributed by atoms with van der Waals surface area (Å²) in [5, 5.41) is 3.46. The Morgan fingerprint density at radius 2 is 1.67 bits per heavy atom. The lowest BCUT2D eigenvalue weighted by Gasteiger charge is -2.40. The number of ether oxygens (including phenoxy) is 1. The normalized spacial score (nSPS) is 22.0. The minimum Gasteiger partial charge on any atom is -0.379 e. The number of rotatable bonds is 5. The van der Waals surface area contributed by atoms with E-state index >= 15 is 0 Å². The second-order valence-corrected chi connectivity index (χ2v) is 7.74. The molecular weight excluding hydrogens is 395 g/mol. The molecule has 2 fully saturated rings. The van der Waals surface area contributed by atoms with Crippen LogP contribution in [0.4, 0.5) is 13.2 Å². The number of hydrogen-bond acceptors (Lipinski definition) is 4. The number of guanidine groups is 1. The maximum atomic E-state index is 13.0. The number of benzene rings is 1. The molecule has 0 aliphatic carbocycles. The molecule has 0 bridgehead atoms. The van der Waals surface area contributed by atoms with Crippen molar-refractivity contribution in [3.8, 4) is 0 Å². The highest BCUT2D eigenvalue weighted by Gasteiger charge is 2.41. The first kappa shape index (κ1) is 22.8. The molecule has 0 spiro atoms. The van der Waals surface area contributed by atoms with Crippen LogP contribution in [0.3, 0.4) is 0 Å². The van der Waals surface area contributed by atoms with Crippen molar-refractivity contribution in [2.75, 3.05) is 66.1 Å². The first-order valence-corrected chi connectivity index (χ1v) is 10.5. The van der Waals surface area contributed by atoms with E-state index in [4.69, 9.17) is 4.74 Å². The predicted octanol–water partition coefficient (Wildman–Crippen LogP) is 2.20. The molecule has 2 aliphatic heterocycles. The molecule has 0 saturated carbocycles. The lowest BCUT2D eigenvalue weighted by molar-refractivity contribution is -0.181. The fourth-order valence-corrected chi connectivity index (χ4v) is 4.07. The molecule has 2 unspecified atom stereocenters. The fraction of sp³-hybridized carbons (Fsp3) is 0.667. The van der Waals surface area contributed by atoms with Crippen LogP contribution in [0.5, 0.6) is 0 Å². The molecule has 9 heteroatoms. The Hall–Kier alpha value is -1.84. The van der Waals surface area contributed by atoms with Gasteiger partial charge in [-0.15, -0.1) is 0 Å². The maximum absolute atomic E-state index is 13.0. The Kier molecular flexibility index (Phi) is 7.96. The second kappa shape index (κ2) is 10.5. The minimum atomic E-state index is -4.19. The number of morpholine rings is 1. The van der Waals surface area contributed by atoms with Gasteiger partial charge in [0.25, 0.3) is 0 Å². The summed E-state index contributed by atoms with van der Waals surface area (Å²) in [7, 11) is 1.72. The van der Waals surface area contributed by atoms with Gasteiger partial charge in [0.2, 0.25) is 0 Å². The zero-order chi connectivity index (χ0) is 21.6. The van der Waals surface area contributed by atoms with Gasteiger partial charge >= 0.3 is 6.18 Å². The van der Waals surface area contributed by atoms with Gasteiger partial charge in [-0.1, -0.05) is 30.3 Å². The first-order valence-electron chi connectivity index (χ1n) is 10.5. The Balaban J connectivity index is 1.59.